The fourth-order valence-corrected chi connectivity index (χ4v) is 3.18. The van der Waals surface area contributed by atoms with E-state index in [0.717, 1.165) is 24.2 Å². The average molecular weight is 279 g/mol. The zero-order valence-electron chi connectivity index (χ0n) is 12.8. The van der Waals surface area contributed by atoms with E-state index in [9.17, 15) is 4.39 Å². The lowest BCUT2D eigenvalue weighted by Crippen LogP contribution is -2.45. The van der Waals surface area contributed by atoms with Crippen molar-refractivity contribution in [2.45, 2.75) is 31.8 Å². The van der Waals surface area contributed by atoms with Gasteiger partial charge in [0.15, 0.2) is 0 Å². The van der Waals surface area contributed by atoms with E-state index >= 15 is 0 Å². The molecule has 1 aliphatic heterocycles. The van der Waals surface area contributed by atoms with Crippen molar-refractivity contribution in [1.29, 1.82) is 0 Å². The lowest BCUT2D eigenvalue weighted by Gasteiger charge is -2.39. The highest BCUT2D eigenvalue weighted by atomic mass is 19.1. The number of likely N-dealkylation sites (N-methyl/N-ethyl adjacent to an activating group) is 1. The summed E-state index contributed by atoms with van der Waals surface area (Å²) in [6, 6.07) is 5.75. The van der Waals surface area contributed by atoms with Gasteiger partial charge in [0.1, 0.15) is 5.82 Å². The molecule has 1 saturated heterocycles. The van der Waals surface area contributed by atoms with Crippen molar-refractivity contribution in [2.24, 2.45) is 5.73 Å². The minimum absolute atomic E-state index is 0.170. The number of nitrogens with two attached hydrogens (primary N) is 1. The molecule has 1 aromatic carbocycles. The highest BCUT2D eigenvalue weighted by Crippen LogP contribution is 2.27. The lowest BCUT2D eigenvalue weighted by atomic mass is 9.96. The summed E-state index contributed by atoms with van der Waals surface area (Å²) >= 11 is 0. The van der Waals surface area contributed by atoms with Crippen LogP contribution in [0.15, 0.2) is 18.2 Å². The van der Waals surface area contributed by atoms with Crippen molar-refractivity contribution in [2.75, 3.05) is 33.7 Å². The van der Waals surface area contributed by atoms with E-state index in [4.69, 9.17) is 5.73 Å². The first-order valence-corrected chi connectivity index (χ1v) is 7.39. The highest BCUT2D eigenvalue weighted by molar-refractivity contribution is 5.30. The molecular formula is C16H26FN3. The first-order valence-electron chi connectivity index (χ1n) is 7.39. The molecule has 1 aromatic rings. The van der Waals surface area contributed by atoms with E-state index in [1.807, 2.05) is 13.0 Å². The molecule has 1 heterocycles. The van der Waals surface area contributed by atoms with Crippen molar-refractivity contribution in [1.82, 2.24) is 9.80 Å². The van der Waals surface area contributed by atoms with E-state index in [0.29, 0.717) is 12.6 Å². The van der Waals surface area contributed by atoms with Crippen molar-refractivity contribution in [3.63, 3.8) is 0 Å². The Morgan fingerprint density at radius 1 is 1.40 bits per heavy atom. The van der Waals surface area contributed by atoms with Gasteiger partial charge >= 0.3 is 0 Å². The summed E-state index contributed by atoms with van der Waals surface area (Å²) in [6.07, 6.45) is 2.34. The predicted octanol–water partition coefficient (Wildman–Crippen LogP) is 2.16. The summed E-state index contributed by atoms with van der Waals surface area (Å²) in [4.78, 5) is 4.75. The van der Waals surface area contributed by atoms with E-state index in [1.54, 1.807) is 6.07 Å². The minimum atomic E-state index is -0.177. The maximum atomic E-state index is 13.3. The number of piperidine rings is 1. The van der Waals surface area contributed by atoms with Crippen LogP contribution in [0.5, 0.6) is 0 Å². The summed E-state index contributed by atoms with van der Waals surface area (Å²) in [7, 11) is 4.32. The topological polar surface area (TPSA) is 32.5 Å². The molecule has 2 N–H and O–H groups in total. The van der Waals surface area contributed by atoms with Crippen LogP contribution in [0.2, 0.25) is 0 Å². The Labute approximate surface area is 121 Å². The molecule has 0 amide bonds. The van der Waals surface area contributed by atoms with Gasteiger partial charge in [-0.15, -0.1) is 0 Å². The van der Waals surface area contributed by atoms with Crippen LogP contribution >= 0.6 is 0 Å². The molecule has 0 aromatic heterocycles. The molecule has 1 aliphatic rings. The molecule has 4 heteroatoms. The average Bonchev–Trinajstić information content (AvgIpc) is 2.42. The third kappa shape index (κ3) is 3.37. The van der Waals surface area contributed by atoms with Gasteiger partial charge in [-0.25, -0.2) is 4.39 Å². The quantitative estimate of drug-likeness (QED) is 0.917. The third-order valence-corrected chi connectivity index (χ3v) is 4.57. The van der Waals surface area contributed by atoms with Crippen LogP contribution in [0.25, 0.3) is 0 Å². The summed E-state index contributed by atoms with van der Waals surface area (Å²) < 4.78 is 13.3. The monoisotopic (exact) mass is 279 g/mol. The van der Waals surface area contributed by atoms with Gasteiger partial charge < -0.3 is 10.6 Å². The number of hydrogen-bond donors (Lipinski definition) is 1. The lowest BCUT2D eigenvalue weighted by molar-refractivity contribution is 0.109. The second kappa shape index (κ2) is 6.66. The molecule has 20 heavy (non-hydrogen) atoms. The van der Waals surface area contributed by atoms with Gasteiger partial charge in [0.2, 0.25) is 0 Å². The van der Waals surface area contributed by atoms with Crippen LogP contribution in [0.1, 0.15) is 30.0 Å². The largest absolute Gasteiger partial charge is 0.329 e. The summed E-state index contributed by atoms with van der Waals surface area (Å²) in [5.41, 5.74) is 8.14. The number of aryl methyl sites for hydroxylation is 1. The molecular weight excluding hydrogens is 253 g/mol. The molecule has 0 spiro atoms. The first kappa shape index (κ1) is 15.4. The molecule has 0 bridgehead atoms. The Morgan fingerprint density at radius 2 is 2.05 bits per heavy atom. The Morgan fingerprint density at radius 3 is 2.60 bits per heavy atom. The van der Waals surface area contributed by atoms with E-state index in [-0.39, 0.29) is 11.9 Å². The van der Waals surface area contributed by atoms with E-state index in [1.165, 1.54) is 18.9 Å². The Balaban J connectivity index is 2.14. The third-order valence-electron chi connectivity index (χ3n) is 4.57. The summed E-state index contributed by atoms with van der Waals surface area (Å²) in [6.45, 7) is 4.79. The fourth-order valence-electron chi connectivity index (χ4n) is 3.18. The van der Waals surface area contributed by atoms with Crippen LogP contribution in [-0.2, 0) is 0 Å². The van der Waals surface area contributed by atoms with Gasteiger partial charge in [0.25, 0.3) is 0 Å². The van der Waals surface area contributed by atoms with Gasteiger partial charge in [-0.05, 0) is 70.2 Å². The SMILES string of the molecule is Cc1cc(F)ccc1C(CN)N(C)C1CCN(C)CC1. The molecule has 1 unspecified atom stereocenters. The number of benzene rings is 1. The van der Waals surface area contributed by atoms with Gasteiger partial charge in [0.05, 0.1) is 0 Å². The van der Waals surface area contributed by atoms with E-state index < -0.39 is 0 Å². The van der Waals surface area contributed by atoms with E-state index in [2.05, 4.69) is 23.9 Å². The highest BCUT2D eigenvalue weighted by Gasteiger charge is 2.26. The van der Waals surface area contributed by atoms with Gasteiger partial charge in [-0.1, -0.05) is 6.07 Å². The Bertz CT molecular complexity index is 441. The molecule has 1 atom stereocenters. The molecule has 112 valence electrons. The number of halogens is 1. The number of nitrogens with zero attached hydrogens (tertiary/aromatic N) is 2. The second-order valence-electron chi connectivity index (χ2n) is 5.95. The van der Waals surface area contributed by atoms with Crippen molar-refractivity contribution in [3.8, 4) is 0 Å². The molecule has 0 aliphatic carbocycles. The normalized spacial score (nSPS) is 19.5. The van der Waals surface area contributed by atoms with Crippen LogP contribution in [0.4, 0.5) is 4.39 Å². The zero-order valence-corrected chi connectivity index (χ0v) is 12.8. The Kier molecular flexibility index (Phi) is 5.13. The van der Waals surface area contributed by atoms with Crippen LogP contribution < -0.4 is 5.73 Å². The Hall–Kier alpha value is -0.970. The minimum Gasteiger partial charge on any atom is -0.329 e. The van der Waals surface area contributed by atoms with Crippen LogP contribution in [0.3, 0.4) is 0 Å². The van der Waals surface area contributed by atoms with Crippen molar-refractivity contribution in [3.05, 3.63) is 35.1 Å². The summed E-state index contributed by atoms with van der Waals surface area (Å²) in [5.74, 6) is -0.177. The molecule has 3 nitrogen and oxygen atoms in total. The molecule has 0 saturated carbocycles. The summed E-state index contributed by atoms with van der Waals surface area (Å²) in [5, 5.41) is 0. The maximum Gasteiger partial charge on any atom is 0.123 e. The molecule has 0 radical (unpaired) electrons. The van der Waals surface area contributed by atoms with Crippen molar-refractivity contribution >= 4 is 0 Å². The van der Waals surface area contributed by atoms with Crippen LogP contribution in [0, 0.1) is 12.7 Å². The van der Waals surface area contributed by atoms with Gasteiger partial charge in [-0.2, -0.15) is 0 Å². The number of rotatable bonds is 4. The van der Waals surface area contributed by atoms with Crippen LogP contribution in [-0.4, -0.2) is 49.6 Å². The number of likely N-dealkylation sites (tertiary alicyclic amines) is 1. The van der Waals surface area contributed by atoms with Gasteiger partial charge in [-0.3, -0.25) is 4.90 Å². The zero-order chi connectivity index (χ0) is 14.7. The predicted molar refractivity (Wildman–Crippen MR) is 81.2 cm³/mol. The number of hydrogen-bond acceptors (Lipinski definition) is 3. The molecule has 2 rings (SSSR count). The molecule has 1 fully saturated rings. The smallest absolute Gasteiger partial charge is 0.123 e. The second-order valence-corrected chi connectivity index (χ2v) is 5.95. The fraction of sp³-hybridized carbons (Fsp3) is 0.625. The van der Waals surface area contributed by atoms with Crippen molar-refractivity contribution < 1.29 is 4.39 Å². The maximum absolute atomic E-state index is 13.3. The van der Waals surface area contributed by atoms with Gasteiger partial charge in [0, 0.05) is 18.6 Å². The first-order chi connectivity index (χ1) is 9.52. The standard InChI is InChI=1S/C16H26FN3/c1-12-10-13(17)4-5-15(12)16(11-18)20(3)14-6-8-19(2)9-7-14/h4-5,10,14,16H,6-9,11,18H2,1-3H3.